The summed E-state index contributed by atoms with van der Waals surface area (Å²) in [5.41, 5.74) is -1.87. The molecule has 5 rings (SSSR count). The molecule has 0 amide bonds. The van der Waals surface area contributed by atoms with Gasteiger partial charge in [-0.05, 0) is 24.1 Å². The fourth-order valence-electron chi connectivity index (χ4n) is 5.90. The summed E-state index contributed by atoms with van der Waals surface area (Å²) < 4.78 is 80.7. The summed E-state index contributed by atoms with van der Waals surface area (Å²) in [4.78, 5) is 15.9. The third kappa shape index (κ3) is 3.36. The molecule has 0 spiro atoms. The van der Waals surface area contributed by atoms with Crippen molar-refractivity contribution in [2.24, 2.45) is 0 Å². The number of aromatic nitrogens is 3. The summed E-state index contributed by atoms with van der Waals surface area (Å²) in [6.07, 6.45) is -1.58. The second kappa shape index (κ2) is 7.86. The molecule has 0 radical (unpaired) electrons. The average Bonchev–Trinajstić information content (AvgIpc) is 3.14. The highest BCUT2D eigenvalue weighted by molar-refractivity contribution is 5.87. The van der Waals surface area contributed by atoms with Crippen molar-refractivity contribution < 1.29 is 40.6 Å². The van der Waals surface area contributed by atoms with Gasteiger partial charge in [-0.15, -0.1) is 0 Å². The lowest BCUT2D eigenvalue weighted by atomic mass is 9.69. The van der Waals surface area contributed by atoms with Crippen molar-refractivity contribution in [3.63, 3.8) is 0 Å². The molecule has 4 heterocycles. The molecular formula is C25H24F5N3O2+2. The Morgan fingerprint density at radius 1 is 1.26 bits per heavy atom. The highest BCUT2D eigenvalue weighted by Gasteiger charge is 2.57. The normalized spacial score (nSPS) is 23.4. The van der Waals surface area contributed by atoms with Crippen LogP contribution in [0.4, 0.5) is 22.0 Å². The molecule has 0 aliphatic carbocycles. The summed E-state index contributed by atoms with van der Waals surface area (Å²) in [7, 11) is 0. The van der Waals surface area contributed by atoms with Gasteiger partial charge in [0.2, 0.25) is 12.0 Å². The van der Waals surface area contributed by atoms with E-state index >= 15 is 4.39 Å². The molecular weight excluding hydrogens is 469 g/mol. The number of hydrogen-bond donors (Lipinski definition) is 1. The summed E-state index contributed by atoms with van der Waals surface area (Å²) in [6, 6.07) is 5.61. The number of esters is 1. The van der Waals surface area contributed by atoms with E-state index in [9.17, 15) is 22.4 Å². The molecule has 0 saturated carbocycles. The number of nitrogens with one attached hydrogen (secondary N) is 1. The number of pyridine rings is 1. The van der Waals surface area contributed by atoms with Gasteiger partial charge in [0.25, 0.3) is 5.69 Å². The maximum Gasteiger partial charge on any atom is 0.422 e. The van der Waals surface area contributed by atoms with E-state index < -0.39 is 46.9 Å². The van der Waals surface area contributed by atoms with Gasteiger partial charge in [0.05, 0.1) is 11.5 Å². The van der Waals surface area contributed by atoms with E-state index in [4.69, 9.17) is 4.74 Å². The number of aromatic amines is 1. The zero-order chi connectivity index (χ0) is 25.3. The second-order valence-electron chi connectivity index (χ2n) is 9.39. The van der Waals surface area contributed by atoms with E-state index in [-0.39, 0.29) is 23.4 Å². The number of halogens is 5. The minimum absolute atomic E-state index is 0.0595. The number of cyclic esters (lactones) is 1. The highest BCUT2D eigenvalue weighted by atomic mass is 19.4. The second-order valence-corrected chi connectivity index (χ2v) is 9.39. The lowest BCUT2D eigenvalue weighted by Crippen LogP contribution is -2.65. The molecule has 0 saturated heterocycles. The van der Waals surface area contributed by atoms with Crippen molar-refractivity contribution in [1.29, 1.82) is 0 Å². The zero-order valence-corrected chi connectivity index (χ0v) is 19.3. The van der Waals surface area contributed by atoms with E-state index in [0.29, 0.717) is 24.2 Å². The number of H-pyrrole nitrogens is 1. The predicted molar refractivity (Wildman–Crippen MR) is 113 cm³/mol. The molecule has 0 fully saturated rings. The van der Waals surface area contributed by atoms with Crippen molar-refractivity contribution in [2.45, 2.75) is 63.9 Å². The molecule has 1 aromatic carbocycles. The van der Waals surface area contributed by atoms with Crippen molar-refractivity contribution in [3.8, 4) is 11.3 Å². The molecule has 1 N–H and O–H groups in total. The number of imidazole rings is 1. The van der Waals surface area contributed by atoms with Crippen LogP contribution < -0.4 is 9.13 Å². The summed E-state index contributed by atoms with van der Waals surface area (Å²) in [5.74, 6) is -4.76. The van der Waals surface area contributed by atoms with Crippen LogP contribution in [0.3, 0.4) is 0 Å². The van der Waals surface area contributed by atoms with Crippen molar-refractivity contribution >= 4 is 5.97 Å². The molecule has 5 nitrogen and oxygen atoms in total. The fraction of sp³-hybridized carbons (Fsp3) is 0.400. The lowest BCUT2D eigenvalue weighted by molar-refractivity contribution is -0.764. The van der Waals surface area contributed by atoms with Crippen LogP contribution in [0.25, 0.3) is 11.3 Å². The molecule has 35 heavy (non-hydrogen) atoms. The third-order valence-electron chi connectivity index (χ3n) is 7.24. The first kappa shape index (κ1) is 23.4. The molecule has 3 aromatic rings. The van der Waals surface area contributed by atoms with Gasteiger partial charge in [0.15, 0.2) is 29.4 Å². The first-order valence-corrected chi connectivity index (χ1v) is 11.4. The number of alkyl halides is 3. The van der Waals surface area contributed by atoms with Gasteiger partial charge in [-0.1, -0.05) is 6.92 Å². The Morgan fingerprint density at radius 2 is 2.00 bits per heavy atom. The van der Waals surface area contributed by atoms with Gasteiger partial charge in [0, 0.05) is 32.4 Å². The number of aryl methyl sites for hydroxylation is 1. The Kier molecular flexibility index (Phi) is 5.26. The molecule has 184 valence electrons. The van der Waals surface area contributed by atoms with Gasteiger partial charge in [0.1, 0.15) is 17.9 Å². The van der Waals surface area contributed by atoms with Gasteiger partial charge >= 0.3 is 12.1 Å². The van der Waals surface area contributed by atoms with E-state index in [1.807, 2.05) is 13.8 Å². The number of carbonyl (C=O) groups is 1. The molecule has 2 aliphatic rings. The minimum Gasteiger partial charge on any atom is -0.451 e. The van der Waals surface area contributed by atoms with Crippen LogP contribution in [0.5, 0.6) is 0 Å². The number of carbonyl (C=O) groups excluding carboxylic acids is 1. The Hall–Kier alpha value is -3.30. The molecule has 3 atom stereocenters. The van der Waals surface area contributed by atoms with Crippen LogP contribution in [0.1, 0.15) is 59.9 Å². The fourth-order valence-corrected chi connectivity index (χ4v) is 5.90. The number of fused-ring (bicyclic) bond motifs is 4. The van der Waals surface area contributed by atoms with E-state index in [2.05, 4.69) is 4.98 Å². The monoisotopic (exact) mass is 493 g/mol. The standard InChI is InChI=1S/C25H23F5N3O2/c1-4-8-24(3)19(17-11-32-12-31-13(2)22(32)23(34)35-17)14-10-15(26)20(25(28,29)30)21(27)18(14)16-7-5-6-9-33(16)24/h5-7,9-10,12,17,19H,4,8,11H2,1-3H3/q+1/p+1. The molecule has 2 aliphatic heterocycles. The van der Waals surface area contributed by atoms with Crippen LogP contribution in [-0.2, 0) is 23.0 Å². The van der Waals surface area contributed by atoms with Crippen molar-refractivity contribution in [2.75, 3.05) is 0 Å². The van der Waals surface area contributed by atoms with E-state index in [1.165, 1.54) is 6.07 Å². The summed E-state index contributed by atoms with van der Waals surface area (Å²) in [6.45, 7) is 5.74. The zero-order valence-electron chi connectivity index (χ0n) is 19.3. The Labute approximate surface area is 198 Å². The smallest absolute Gasteiger partial charge is 0.422 e. The van der Waals surface area contributed by atoms with Crippen molar-refractivity contribution in [1.82, 2.24) is 4.98 Å². The lowest BCUT2D eigenvalue weighted by Gasteiger charge is -2.42. The molecule has 10 heteroatoms. The largest absolute Gasteiger partial charge is 0.451 e. The number of ether oxygens (including phenoxy) is 1. The van der Waals surface area contributed by atoms with Gasteiger partial charge in [-0.2, -0.15) is 17.7 Å². The van der Waals surface area contributed by atoms with Gasteiger partial charge in [-0.3, -0.25) is 0 Å². The maximum absolute atomic E-state index is 15.6. The SMILES string of the molecule is CCCC1(C)C(C2C[n+]3c[nH]c(C)c3C(=O)O2)c2cc(F)c(C(F)(F)F)c(F)c2-c2cccc[n+]21. The number of hydrogen-bond acceptors (Lipinski definition) is 2. The van der Waals surface area contributed by atoms with Gasteiger partial charge < -0.3 is 4.74 Å². The minimum atomic E-state index is -5.22. The number of nitrogens with zero attached hydrogens (tertiary/aromatic N) is 2. The Balaban J connectivity index is 1.80. The third-order valence-corrected chi connectivity index (χ3v) is 7.24. The maximum atomic E-state index is 15.6. The number of benzene rings is 1. The van der Waals surface area contributed by atoms with Gasteiger partial charge in [-0.25, -0.2) is 23.1 Å². The quantitative estimate of drug-likeness (QED) is 0.326. The van der Waals surface area contributed by atoms with Crippen LogP contribution in [0.15, 0.2) is 36.8 Å². The van der Waals surface area contributed by atoms with E-state index in [0.717, 1.165) is 6.07 Å². The average molecular weight is 493 g/mol. The molecule has 3 unspecified atom stereocenters. The number of rotatable bonds is 3. The predicted octanol–water partition coefficient (Wildman–Crippen LogP) is 4.71. The summed E-state index contributed by atoms with van der Waals surface area (Å²) in [5, 5.41) is 0. The Bertz CT molecular complexity index is 1350. The van der Waals surface area contributed by atoms with E-state index in [1.54, 1.807) is 40.7 Å². The molecule has 2 aromatic heterocycles. The topological polar surface area (TPSA) is 49.9 Å². The molecule has 0 bridgehead atoms. The highest BCUT2D eigenvalue weighted by Crippen LogP contribution is 2.50. The van der Waals surface area contributed by atoms with Crippen LogP contribution >= 0.6 is 0 Å². The van der Waals surface area contributed by atoms with Crippen molar-refractivity contribution in [3.05, 3.63) is 70.9 Å². The summed E-state index contributed by atoms with van der Waals surface area (Å²) >= 11 is 0. The Morgan fingerprint density at radius 3 is 2.69 bits per heavy atom. The van der Waals surface area contributed by atoms with Crippen LogP contribution in [-0.4, -0.2) is 17.1 Å². The van der Waals surface area contributed by atoms with Crippen LogP contribution in [0.2, 0.25) is 0 Å². The first-order chi connectivity index (χ1) is 16.5. The first-order valence-electron chi connectivity index (χ1n) is 11.4. The van der Waals surface area contributed by atoms with Crippen LogP contribution in [0, 0.1) is 18.6 Å².